The van der Waals surface area contributed by atoms with Crippen molar-refractivity contribution in [3.63, 3.8) is 0 Å². The summed E-state index contributed by atoms with van der Waals surface area (Å²) < 4.78 is 16.1. The van der Waals surface area contributed by atoms with Crippen molar-refractivity contribution in [3.05, 3.63) is 24.3 Å². The van der Waals surface area contributed by atoms with Gasteiger partial charge in [0.15, 0.2) is 12.0 Å². The Bertz CT molecular complexity index is 433. The summed E-state index contributed by atoms with van der Waals surface area (Å²) in [7, 11) is 0. The first-order chi connectivity index (χ1) is 14.3. The standard InChI is InChI=1S/C22H41NO5S/c1-3-4-5-6-7-8-9-10-11-12-15-22(21-16-13-18-25-21)26-20(2)23-17-14-19-29-28-27-24/h16,22-24H,2-15,17-19H2,1H3. The van der Waals surface area contributed by atoms with Crippen LogP contribution in [0.25, 0.3) is 0 Å². The topological polar surface area (TPSA) is 69.2 Å². The molecule has 0 aliphatic carbocycles. The van der Waals surface area contributed by atoms with Crippen LogP contribution in [0.15, 0.2) is 24.3 Å². The number of unbranched alkanes of at least 4 members (excludes halogenated alkanes) is 9. The second kappa shape index (κ2) is 19.1. The lowest BCUT2D eigenvalue weighted by atomic mass is 10.0. The van der Waals surface area contributed by atoms with Crippen molar-refractivity contribution >= 4 is 12.0 Å². The van der Waals surface area contributed by atoms with Crippen LogP contribution in [0.2, 0.25) is 0 Å². The molecule has 0 aromatic heterocycles. The van der Waals surface area contributed by atoms with Crippen LogP contribution in [0.1, 0.15) is 90.4 Å². The Morgan fingerprint density at radius 3 is 2.45 bits per heavy atom. The average Bonchev–Trinajstić information content (AvgIpc) is 3.26. The van der Waals surface area contributed by atoms with Crippen molar-refractivity contribution in [2.45, 2.75) is 96.5 Å². The Labute approximate surface area is 181 Å². The van der Waals surface area contributed by atoms with Gasteiger partial charge >= 0.3 is 0 Å². The van der Waals surface area contributed by atoms with Crippen molar-refractivity contribution < 1.29 is 24.1 Å². The van der Waals surface area contributed by atoms with Crippen LogP contribution >= 0.6 is 12.0 Å². The van der Waals surface area contributed by atoms with Gasteiger partial charge in [-0.25, -0.2) is 5.26 Å². The van der Waals surface area contributed by atoms with Crippen LogP contribution in [0, 0.1) is 0 Å². The first-order valence-electron chi connectivity index (χ1n) is 11.3. The van der Waals surface area contributed by atoms with E-state index in [-0.39, 0.29) is 6.10 Å². The van der Waals surface area contributed by atoms with E-state index >= 15 is 0 Å². The highest BCUT2D eigenvalue weighted by molar-refractivity contribution is 7.94. The predicted molar refractivity (Wildman–Crippen MR) is 119 cm³/mol. The van der Waals surface area contributed by atoms with Crippen molar-refractivity contribution in [1.82, 2.24) is 5.32 Å². The highest BCUT2D eigenvalue weighted by Gasteiger charge is 2.20. The van der Waals surface area contributed by atoms with Gasteiger partial charge in [-0.2, -0.15) is 0 Å². The van der Waals surface area contributed by atoms with Crippen molar-refractivity contribution in [2.75, 3.05) is 18.9 Å². The van der Waals surface area contributed by atoms with Crippen LogP contribution in [0.5, 0.6) is 0 Å². The Kier molecular flexibility index (Phi) is 17.2. The Morgan fingerprint density at radius 2 is 1.83 bits per heavy atom. The highest BCUT2D eigenvalue weighted by atomic mass is 32.2. The van der Waals surface area contributed by atoms with E-state index in [4.69, 9.17) is 14.7 Å². The number of nitrogens with one attached hydrogen (secondary N) is 1. The molecule has 6 nitrogen and oxygen atoms in total. The van der Waals surface area contributed by atoms with Crippen LogP contribution in [-0.2, 0) is 18.8 Å². The molecular formula is C22H41NO5S. The second-order valence-corrected chi connectivity index (χ2v) is 8.27. The molecule has 0 aromatic carbocycles. The fourth-order valence-electron chi connectivity index (χ4n) is 3.37. The predicted octanol–water partition coefficient (Wildman–Crippen LogP) is 6.51. The molecule has 0 spiro atoms. The van der Waals surface area contributed by atoms with E-state index in [1.807, 2.05) is 0 Å². The van der Waals surface area contributed by atoms with Gasteiger partial charge in [0.1, 0.15) is 5.76 Å². The zero-order chi connectivity index (χ0) is 21.0. The van der Waals surface area contributed by atoms with Gasteiger partial charge in [0, 0.05) is 30.8 Å². The van der Waals surface area contributed by atoms with E-state index < -0.39 is 0 Å². The number of rotatable bonds is 21. The molecule has 1 atom stereocenters. The molecule has 0 saturated heterocycles. The Morgan fingerprint density at radius 1 is 1.14 bits per heavy atom. The van der Waals surface area contributed by atoms with Crippen LogP contribution in [-0.4, -0.2) is 30.3 Å². The molecular weight excluding hydrogens is 390 g/mol. The summed E-state index contributed by atoms with van der Waals surface area (Å²) in [5.74, 6) is 2.22. The number of hydrogen-bond donors (Lipinski definition) is 2. The highest BCUT2D eigenvalue weighted by Crippen LogP contribution is 2.23. The fourth-order valence-corrected chi connectivity index (χ4v) is 3.74. The lowest BCUT2D eigenvalue weighted by Crippen LogP contribution is -2.24. The molecule has 1 aliphatic rings. The molecule has 29 heavy (non-hydrogen) atoms. The van der Waals surface area contributed by atoms with Gasteiger partial charge in [0.2, 0.25) is 0 Å². The number of hydrogen-bond acceptors (Lipinski definition) is 7. The molecule has 0 fully saturated rings. The molecule has 1 heterocycles. The maximum absolute atomic E-state index is 8.07. The van der Waals surface area contributed by atoms with E-state index in [0.717, 1.165) is 50.1 Å². The third-order valence-corrected chi connectivity index (χ3v) is 5.57. The maximum atomic E-state index is 8.07. The van der Waals surface area contributed by atoms with Crippen LogP contribution < -0.4 is 5.32 Å². The summed E-state index contributed by atoms with van der Waals surface area (Å²) in [6.07, 6.45) is 18.1. The molecule has 1 rings (SSSR count). The van der Waals surface area contributed by atoms with Gasteiger partial charge in [-0.1, -0.05) is 69.7 Å². The normalized spacial score (nSPS) is 14.3. The lowest BCUT2D eigenvalue weighted by Gasteiger charge is -2.22. The summed E-state index contributed by atoms with van der Waals surface area (Å²) in [5, 5.41) is 14.8. The Hall–Kier alpha value is -0.890. The smallest absolute Gasteiger partial charge is 0.180 e. The monoisotopic (exact) mass is 431 g/mol. The summed E-state index contributed by atoms with van der Waals surface area (Å²) >= 11 is 1.05. The Balaban J connectivity index is 2.13. The molecule has 2 N–H and O–H groups in total. The molecule has 1 unspecified atom stereocenters. The first kappa shape index (κ1) is 26.1. The minimum atomic E-state index is -0.0490. The van der Waals surface area contributed by atoms with Crippen molar-refractivity contribution in [2.24, 2.45) is 0 Å². The number of ether oxygens (including phenoxy) is 2. The molecule has 0 amide bonds. The van der Waals surface area contributed by atoms with E-state index in [2.05, 4.69) is 34.3 Å². The molecule has 1 aliphatic heterocycles. The third-order valence-electron chi connectivity index (χ3n) is 4.96. The average molecular weight is 432 g/mol. The van der Waals surface area contributed by atoms with Crippen LogP contribution in [0.3, 0.4) is 0 Å². The van der Waals surface area contributed by atoms with E-state index in [1.54, 1.807) is 0 Å². The summed E-state index contributed by atoms with van der Waals surface area (Å²) in [4.78, 5) is 0. The minimum absolute atomic E-state index is 0.0490. The largest absolute Gasteiger partial charge is 0.494 e. The summed E-state index contributed by atoms with van der Waals surface area (Å²) in [6.45, 7) is 7.71. The van der Waals surface area contributed by atoms with Crippen molar-refractivity contribution in [3.8, 4) is 0 Å². The zero-order valence-corrected chi connectivity index (χ0v) is 19.0. The lowest BCUT2D eigenvalue weighted by molar-refractivity contribution is -0.432. The molecule has 0 radical (unpaired) electrons. The third kappa shape index (κ3) is 14.7. The first-order valence-corrected chi connectivity index (χ1v) is 12.2. The van der Waals surface area contributed by atoms with Crippen molar-refractivity contribution in [1.29, 1.82) is 0 Å². The van der Waals surface area contributed by atoms with E-state index in [9.17, 15) is 0 Å². The minimum Gasteiger partial charge on any atom is -0.494 e. The summed E-state index contributed by atoms with van der Waals surface area (Å²) in [6, 6.07) is 0. The second-order valence-electron chi connectivity index (χ2n) is 7.49. The molecule has 0 saturated carbocycles. The maximum Gasteiger partial charge on any atom is 0.180 e. The molecule has 7 heteroatoms. The van der Waals surface area contributed by atoms with E-state index in [1.165, 1.54) is 57.8 Å². The zero-order valence-electron chi connectivity index (χ0n) is 18.2. The quantitative estimate of drug-likeness (QED) is 0.0706. The molecule has 0 bridgehead atoms. The molecule has 0 aromatic rings. The van der Waals surface area contributed by atoms with Gasteiger partial charge in [-0.3, -0.25) is 0 Å². The van der Waals surface area contributed by atoms with Gasteiger partial charge in [-0.15, -0.1) is 4.33 Å². The summed E-state index contributed by atoms with van der Waals surface area (Å²) in [5.41, 5.74) is 0. The SMILES string of the molecule is C=C(NCCCSOOO)OC(CCCCCCCCCCCC)C1=CCCO1. The molecule has 170 valence electrons. The van der Waals surface area contributed by atoms with Gasteiger partial charge in [0.25, 0.3) is 0 Å². The van der Waals surface area contributed by atoms with Crippen LogP contribution in [0.4, 0.5) is 0 Å². The fraction of sp³-hybridized carbons (Fsp3) is 0.818. The van der Waals surface area contributed by atoms with Gasteiger partial charge < -0.3 is 14.8 Å². The van der Waals surface area contributed by atoms with E-state index in [0.29, 0.717) is 18.2 Å². The van der Waals surface area contributed by atoms with Gasteiger partial charge in [0.05, 0.1) is 6.61 Å². The van der Waals surface area contributed by atoms with Gasteiger partial charge in [-0.05, 0) is 31.9 Å².